The Morgan fingerprint density at radius 3 is 2.07 bits per heavy atom. The second-order valence-electron chi connectivity index (χ2n) is 3.38. The summed E-state index contributed by atoms with van der Waals surface area (Å²) >= 11 is 0. The molecule has 0 aliphatic heterocycles. The molecule has 0 aromatic rings. The van der Waals surface area contributed by atoms with Gasteiger partial charge in [-0.05, 0) is 12.8 Å². The maximum absolute atomic E-state index is 11.0. The molecule has 0 bridgehead atoms. The highest BCUT2D eigenvalue weighted by Gasteiger charge is 2.00. The highest BCUT2D eigenvalue weighted by Crippen LogP contribution is 2.05. The number of carbonyl (C=O) groups is 1. The number of carbonyl (C=O) groups excluding carboxylic acids is 1. The number of unbranched alkanes of at least 4 members (excludes halogenated alkanes) is 4. The molecule has 0 atom stereocenters. The Labute approximate surface area is 95.4 Å². The van der Waals surface area contributed by atoms with Crippen LogP contribution in [0.2, 0.25) is 0 Å². The van der Waals surface area contributed by atoms with Gasteiger partial charge in [-0.25, -0.2) is 0 Å². The predicted molar refractivity (Wildman–Crippen MR) is 66.0 cm³/mol. The third-order valence-electron chi connectivity index (χ3n) is 1.95. The van der Waals surface area contributed by atoms with Crippen molar-refractivity contribution in [3.63, 3.8) is 0 Å². The van der Waals surface area contributed by atoms with Crippen LogP contribution in [-0.4, -0.2) is 12.6 Å². The van der Waals surface area contributed by atoms with E-state index < -0.39 is 0 Å². The molecule has 0 rings (SSSR count). The zero-order chi connectivity index (χ0) is 11.9. The van der Waals surface area contributed by atoms with Gasteiger partial charge in [0.2, 0.25) is 0 Å². The van der Waals surface area contributed by atoms with Crippen molar-refractivity contribution in [2.45, 2.75) is 72.6 Å². The zero-order valence-corrected chi connectivity index (χ0v) is 11.0. The van der Waals surface area contributed by atoms with Crippen molar-refractivity contribution in [3.8, 4) is 0 Å². The first-order chi connectivity index (χ1) is 7.31. The van der Waals surface area contributed by atoms with Gasteiger partial charge in [-0.1, -0.05) is 53.4 Å². The van der Waals surface area contributed by atoms with Crippen molar-refractivity contribution in [2.24, 2.45) is 0 Å². The minimum Gasteiger partial charge on any atom is -0.466 e. The molecule has 0 aliphatic rings. The van der Waals surface area contributed by atoms with Crippen molar-refractivity contribution < 1.29 is 9.53 Å². The summed E-state index contributed by atoms with van der Waals surface area (Å²) in [5.41, 5.74) is 0. The molecule has 0 saturated carbocycles. The standard InChI is InChI=1S/C11H22O2.C2H6/c1-3-5-6-7-8-9-11(12)13-10-4-2;1-2/h3-10H2,1-2H3;1-2H3. The van der Waals surface area contributed by atoms with E-state index in [4.69, 9.17) is 4.74 Å². The summed E-state index contributed by atoms with van der Waals surface area (Å²) in [6, 6.07) is 0. The fourth-order valence-corrected chi connectivity index (χ4v) is 1.16. The molecular weight excluding hydrogens is 188 g/mol. The van der Waals surface area contributed by atoms with Gasteiger partial charge >= 0.3 is 5.97 Å². The van der Waals surface area contributed by atoms with Gasteiger partial charge in [-0.15, -0.1) is 0 Å². The number of hydrogen-bond acceptors (Lipinski definition) is 2. The fourth-order valence-electron chi connectivity index (χ4n) is 1.16. The molecule has 2 nitrogen and oxygen atoms in total. The number of esters is 1. The molecule has 0 aromatic carbocycles. The summed E-state index contributed by atoms with van der Waals surface area (Å²) in [6.45, 7) is 8.78. The summed E-state index contributed by atoms with van der Waals surface area (Å²) in [5.74, 6) is -0.0293. The van der Waals surface area contributed by atoms with Gasteiger partial charge < -0.3 is 4.74 Å². The Hall–Kier alpha value is -0.530. The molecular formula is C13H28O2. The molecule has 0 N–H and O–H groups in total. The molecule has 92 valence electrons. The maximum Gasteiger partial charge on any atom is 0.305 e. The Morgan fingerprint density at radius 1 is 0.933 bits per heavy atom. The first-order valence-electron chi connectivity index (χ1n) is 6.46. The van der Waals surface area contributed by atoms with Gasteiger partial charge in [0.05, 0.1) is 6.61 Å². The average Bonchev–Trinajstić information content (AvgIpc) is 2.29. The monoisotopic (exact) mass is 216 g/mol. The summed E-state index contributed by atoms with van der Waals surface area (Å²) in [4.78, 5) is 11.0. The lowest BCUT2D eigenvalue weighted by molar-refractivity contribution is -0.143. The first-order valence-corrected chi connectivity index (χ1v) is 6.46. The normalized spacial score (nSPS) is 9.07. The minimum atomic E-state index is -0.0293. The molecule has 0 radical (unpaired) electrons. The third kappa shape index (κ3) is 16.2. The van der Waals surface area contributed by atoms with Crippen LogP contribution in [0.15, 0.2) is 0 Å². The van der Waals surface area contributed by atoms with Crippen LogP contribution in [0, 0.1) is 0 Å². The number of ether oxygens (including phenoxy) is 1. The number of rotatable bonds is 8. The molecule has 0 heterocycles. The maximum atomic E-state index is 11.0. The van der Waals surface area contributed by atoms with E-state index in [0.29, 0.717) is 13.0 Å². The van der Waals surface area contributed by atoms with E-state index >= 15 is 0 Å². The van der Waals surface area contributed by atoms with Crippen molar-refractivity contribution in [1.29, 1.82) is 0 Å². The lowest BCUT2D eigenvalue weighted by Crippen LogP contribution is -2.04. The molecule has 15 heavy (non-hydrogen) atoms. The van der Waals surface area contributed by atoms with Crippen LogP contribution in [0.3, 0.4) is 0 Å². The highest BCUT2D eigenvalue weighted by molar-refractivity contribution is 5.69. The summed E-state index contributed by atoms with van der Waals surface area (Å²) in [7, 11) is 0. The lowest BCUT2D eigenvalue weighted by Gasteiger charge is -2.02. The van der Waals surface area contributed by atoms with Crippen LogP contribution >= 0.6 is 0 Å². The van der Waals surface area contributed by atoms with E-state index in [1.807, 2.05) is 20.8 Å². The third-order valence-corrected chi connectivity index (χ3v) is 1.95. The average molecular weight is 216 g/mol. The molecule has 0 aromatic heterocycles. The Kier molecular flexibility index (Phi) is 17.9. The summed E-state index contributed by atoms with van der Waals surface area (Å²) in [5, 5.41) is 0. The van der Waals surface area contributed by atoms with E-state index in [-0.39, 0.29) is 5.97 Å². The molecule has 0 fully saturated rings. The Balaban J connectivity index is 0. The second kappa shape index (κ2) is 15.9. The van der Waals surface area contributed by atoms with Gasteiger partial charge in [0.15, 0.2) is 0 Å². The summed E-state index contributed by atoms with van der Waals surface area (Å²) in [6.07, 6.45) is 7.45. The van der Waals surface area contributed by atoms with Crippen LogP contribution in [-0.2, 0) is 9.53 Å². The Morgan fingerprint density at radius 2 is 1.53 bits per heavy atom. The van der Waals surface area contributed by atoms with Gasteiger partial charge in [0, 0.05) is 6.42 Å². The van der Waals surface area contributed by atoms with Crippen LogP contribution in [0.5, 0.6) is 0 Å². The van der Waals surface area contributed by atoms with Crippen molar-refractivity contribution in [3.05, 3.63) is 0 Å². The Bertz CT molecular complexity index is 122. The lowest BCUT2D eigenvalue weighted by atomic mass is 10.1. The molecule has 0 amide bonds. The van der Waals surface area contributed by atoms with Crippen LogP contribution in [0.4, 0.5) is 0 Å². The van der Waals surface area contributed by atoms with Crippen LogP contribution in [0.1, 0.15) is 72.6 Å². The molecule has 0 saturated heterocycles. The van der Waals surface area contributed by atoms with Crippen molar-refractivity contribution in [1.82, 2.24) is 0 Å². The van der Waals surface area contributed by atoms with Crippen molar-refractivity contribution in [2.75, 3.05) is 6.61 Å². The zero-order valence-electron chi connectivity index (χ0n) is 11.0. The van der Waals surface area contributed by atoms with E-state index in [2.05, 4.69) is 6.92 Å². The van der Waals surface area contributed by atoms with E-state index in [1.165, 1.54) is 19.3 Å². The first kappa shape index (κ1) is 16.9. The van der Waals surface area contributed by atoms with Gasteiger partial charge in [0.1, 0.15) is 0 Å². The number of hydrogen-bond donors (Lipinski definition) is 0. The smallest absolute Gasteiger partial charge is 0.305 e. The van der Waals surface area contributed by atoms with Crippen LogP contribution < -0.4 is 0 Å². The molecule has 0 spiro atoms. The van der Waals surface area contributed by atoms with Gasteiger partial charge in [-0.2, -0.15) is 0 Å². The fraction of sp³-hybridized carbons (Fsp3) is 0.923. The quantitative estimate of drug-likeness (QED) is 0.446. The van der Waals surface area contributed by atoms with Gasteiger partial charge in [0.25, 0.3) is 0 Å². The highest BCUT2D eigenvalue weighted by atomic mass is 16.5. The summed E-state index contributed by atoms with van der Waals surface area (Å²) < 4.78 is 4.96. The SMILES string of the molecule is CC.CCCCCCCC(=O)OCCC. The molecule has 0 aliphatic carbocycles. The topological polar surface area (TPSA) is 26.3 Å². The molecule has 0 unspecified atom stereocenters. The van der Waals surface area contributed by atoms with E-state index in [1.54, 1.807) is 0 Å². The van der Waals surface area contributed by atoms with Crippen molar-refractivity contribution >= 4 is 5.97 Å². The van der Waals surface area contributed by atoms with Gasteiger partial charge in [-0.3, -0.25) is 4.79 Å². The molecule has 2 heteroatoms. The largest absolute Gasteiger partial charge is 0.466 e. The van der Waals surface area contributed by atoms with E-state index in [0.717, 1.165) is 19.3 Å². The van der Waals surface area contributed by atoms with E-state index in [9.17, 15) is 4.79 Å². The second-order valence-corrected chi connectivity index (χ2v) is 3.38. The minimum absolute atomic E-state index is 0.0293. The van der Waals surface area contributed by atoms with Crippen LogP contribution in [0.25, 0.3) is 0 Å². The predicted octanol–water partition coefficient (Wildman–Crippen LogP) is 4.33.